The van der Waals surface area contributed by atoms with Crippen LogP contribution in [0.25, 0.3) is 0 Å². The van der Waals surface area contributed by atoms with E-state index in [0.29, 0.717) is 13.0 Å². The Morgan fingerprint density at radius 3 is 2.28 bits per heavy atom. The second kappa shape index (κ2) is 6.01. The summed E-state index contributed by atoms with van der Waals surface area (Å²) in [6.07, 6.45) is 0.516. The summed E-state index contributed by atoms with van der Waals surface area (Å²) in [7, 11) is 1.82. The van der Waals surface area contributed by atoms with Crippen LogP contribution in [0.15, 0.2) is 24.3 Å². The maximum Gasteiger partial charge on any atom is 0.227 e. The summed E-state index contributed by atoms with van der Waals surface area (Å²) in [5.41, 5.74) is 2.21. The summed E-state index contributed by atoms with van der Waals surface area (Å²) in [5.74, 6) is 0.135. The molecule has 0 aliphatic rings. The molecule has 1 aromatic rings. The number of anilines is 1. The van der Waals surface area contributed by atoms with Gasteiger partial charge in [0.25, 0.3) is 0 Å². The van der Waals surface area contributed by atoms with Crippen LogP contribution in [0, 0.1) is 6.92 Å². The van der Waals surface area contributed by atoms with E-state index in [2.05, 4.69) is 26.1 Å². The van der Waals surface area contributed by atoms with Crippen molar-refractivity contribution in [3.05, 3.63) is 29.8 Å². The fourth-order valence-corrected chi connectivity index (χ4v) is 1.62. The first-order valence-corrected chi connectivity index (χ1v) is 6.38. The molecule has 0 aromatic heterocycles. The van der Waals surface area contributed by atoms with Crippen molar-refractivity contribution in [1.29, 1.82) is 0 Å². The van der Waals surface area contributed by atoms with Crippen LogP contribution in [0.3, 0.4) is 0 Å². The number of rotatable bonds is 4. The van der Waals surface area contributed by atoms with Crippen molar-refractivity contribution >= 4 is 11.6 Å². The Bertz CT molecular complexity index is 390. The maximum atomic E-state index is 12.0. The Balaban J connectivity index is 2.49. The quantitative estimate of drug-likeness (QED) is 0.888. The molecule has 1 rings (SSSR count). The molecule has 0 bridgehead atoms. The second-order valence-electron chi connectivity index (χ2n) is 5.72. The normalized spacial score (nSPS) is 11.4. The minimum atomic E-state index is 0.0582. The first kappa shape index (κ1) is 14.7. The molecule has 1 amide bonds. The number of aryl methyl sites for hydroxylation is 1. The highest BCUT2D eigenvalue weighted by Crippen LogP contribution is 2.14. The summed E-state index contributed by atoms with van der Waals surface area (Å²) in [4.78, 5) is 13.7. The molecule has 0 fully saturated rings. The maximum absolute atomic E-state index is 12.0. The minimum Gasteiger partial charge on any atom is -0.315 e. The van der Waals surface area contributed by atoms with Crippen molar-refractivity contribution in [3.63, 3.8) is 0 Å². The van der Waals surface area contributed by atoms with Gasteiger partial charge in [-0.15, -0.1) is 0 Å². The predicted molar refractivity (Wildman–Crippen MR) is 77.0 cm³/mol. The lowest BCUT2D eigenvalue weighted by atomic mass is 10.1. The van der Waals surface area contributed by atoms with E-state index in [-0.39, 0.29) is 11.4 Å². The van der Waals surface area contributed by atoms with Crippen LogP contribution in [0.2, 0.25) is 0 Å². The van der Waals surface area contributed by atoms with Gasteiger partial charge in [0.05, 0.1) is 0 Å². The van der Waals surface area contributed by atoms with Crippen LogP contribution in [0.5, 0.6) is 0 Å². The Kier molecular flexibility index (Phi) is 4.91. The van der Waals surface area contributed by atoms with Crippen molar-refractivity contribution in [2.75, 3.05) is 18.5 Å². The number of benzene rings is 1. The van der Waals surface area contributed by atoms with Gasteiger partial charge in [0.1, 0.15) is 0 Å². The molecule has 0 atom stereocenters. The molecule has 0 aliphatic carbocycles. The van der Waals surface area contributed by atoms with E-state index in [1.165, 1.54) is 5.56 Å². The second-order valence-corrected chi connectivity index (χ2v) is 5.72. The highest BCUT2D eigenvalue weighted by molar-refractivity contribution is 5.92. The van der Waals surface area contributed by atoms with Crippen LogP contribution in [-0.2, 0) is 4.79 Å². The van der Waals surface area contributed by atoms with Crippen molar-refractivity contribution in [1.82, 2.24) is 5.32 Å². The Hall–Kier alpha value is -1.35. The average Bonchev–Trinajstić information content (AvgIpc) is 2.27. The first-order chi connectivity index (χ1) is 8.29. The Morgan fingerprint density at radius 2 is 1.78 bits per heavy atom. The third-order valence-electron chi connectivity index (χ3n) is 2.79. The Labute approximate surface area is 110 Å². The first-order valence-electron chi connectivity index (χ1n) is 6.38. The molecule has 18 heavy (non-hydrogen) atoms. The van der Waals surface area contributed by atoms with E-state index in [0.717, 1.165) is 5.69 Å². The van der Waals surface area contributed by atoms with E-state index in [4.69, 9.17) is 0 Å². The number of hydrogen-bond donors (Lipinski definition) is 1. The fourth-order valence-electron chi connectivity index (χ4n) is 1.62. The minimum absolute atomic E-state index is 0.0582. The van der Waals surface area contributed by atoms with E-state index in [1.54, 1.807) is 4.90 Å². The summed E-state index contributed by atoms with van der Waals surface area (Å²) < 4.78 is 0. The molecule has 0 saturated heterocycles. The molecule has 100 valence electrons. The molecular weight excluding hydrogens is 224 g/mol. The summed E-state index contributed by atoms with van der Waals surface area (Å²) >= 11 is 0. The zero-order valence-electron chi connectivity index (χ0n) is 12.1. The molecule has 0 heterocycles. The van der Waals surface area contributed by atoms with Gasteiger partial charge >= 0.3 is 0 Å². The lowest BCUT2D eigenvalue weighted by Crippen LogP contribution is -2.38. The predicted octanol–water partition coefficient (Wildman–Crippen LogP) is 2.74. The average molecular weight is 248 g/mol. The van der Waals surface area contributed by atoms with E-state index >= 15 is 0 Å². The van der Waals surface area contributed by atoms with Gasteiger partial charge in [-0.25, -0.2) is 0 Å². The van der Waals surface area contributed by atoms with Crippen molar-refractivity contribution in [2.45, 2.75) is 39.7 Å². The molecule has 0 saturated carbocycles. The molecular formula is C15H24N2O. The summed E-state index contributed by atoms with van der Waals surface area (Å²) in [5, 5.41) is 3.32. The van der Waals surface area contributed by atoms with Crippen molar-refractivity contribution < 1.29 is 4.79 Å². The van der Waals surface area contributed by atoms with Crippen molar-refractivity contribution in [2.24, 2.45) is 0 Å². The zero-order valence-corrected chi connectivity index (χ0v) is 12.1. The van der Waals surface area contributed by atoms with Crippen LogP contribution in [0.1, 0.15) is 32.8 Å². The summed E-state index contributed by atoms with van der Waals surface area (Å²) in [6, 6.07) is 7.99. The number of carbonyl (C=O) groups excluding carboxylic acids is 1. The molecule has 3 nitrogen and oxygen atoms in total. The van der Waals surface area contributed by atoms with Gasteiger partial charge < -0.3 is 10.2 Å². The SMILES string of the molecule is Cc1ccc(N(C)C(=O)CCNC(C)(C)C)cc1. The highest BCUT2D eigenvalue weighted by atomic mass is 16.2. The van der Waals surface area contributed by atoms with Crippen LogP contribution >= 0.6 is 0 Å². The van der Waals surface area contributed by atoms with Crippen LogP contribution in [-0.4, -0.2) is 25.0 Å². The monoisotopic (exact) mass is 248 g/mol. The molecule has 1 N–H and O–H groups in total. The molecule has 1 aromatic carbocycles. The standard InChI is InChI=1S/C15H24N2O/c1-12-6-8-13(9-7-12)17(5)14(18)10-11-16-15(2,3)4/h6-9,16H,10-11H2,1-5H3. The third-order valence-corrected chi connectivity index (χ3v) is 2.79. The van der Waals surface area contributed by atoms with Gasteiger partial charge in [0.2, 0.25) is 5.91 Å². The van der Waals surface area contributed by atoms with Gasteiger partial charge in [0.15, 0.2) is 0 Å². The van der Waals surface area contributed by atoms with Crippen LogP contribution < -0.4 is 10.2 Å². The smallest absolute Gasteiger partial charge is 0.227 e. The Morgan fingerprint density at radius 1 is 1.22 bits per heavy atom. The number of nitrogens with one attached hydrogen (secondary N) is 1. The summed E-state index contributed by atoms with van der Waals surface area (Å²) in [6.45, 7) is 9.04. The van der Waals surface area contributed by atoms with Crippen molar-refractivity contribution in [3.8, 4) is 0 Å². The largest absolute Gasteiger partial charge is 0.315 e. The molecule has 0 radical (unpaired) electrons. The van der Waals surface area contributed by atoms with E-state index in [9.17, 15) is 4.79 Å². The lowest BCUT2D eigenvalue weighted by Gasteiger charge is -2.22. The number of hydrogen-bond acceptors (Lipinski definition) is 2. The third kappa shape index (κ3) is 4.88. The molecule has 0 spiro atoms. The van der Waals surface area contributed by atoms with Gasteiger partial charge in [0, 0.05) is 31.2 Å². The number of amides is 1. The van der Waals surface area contributed by atoms with Gasteiger partial charge in [-0.2, -0.15) is 0 Å². The topological polar surface area (TPSA) is 32.3 Å². The van der Waals surface area contributed by atoms with E-state index in [1.807, 2.05) is 38.2 Å². The van der Waals surface area contributed by atoms with Gasteiger partial charge in [-0.3, -0.25) is 4.79 Å². The van der Waals surface area contributed by atoms with Gasteiger partial charge in [-0.1, -0.05) is 17.7 Å². The highest BCUT2D eigenvalue weighted by Gasteiger charge is 2.13. The number of carbonyl (C=O) groups is 1. The number of nitrogens with zero attached hydrogens (tertiary/aromatic N) is 1. The van der Waals surface area contributed by atoms with Crippen LogP contribution in [0.4, 0.5) is 5.69 Å². The molecule has 0 unspecified atom stereocenters. The zero-order chi connectivity index (χ0) is 13.8. The lowest BCUT2D eigenvalue weighted by molar-refractivity contribution is -0.118. The molecule has 3 heteroatoms. The molecule has 0 aliphatic heterocycles. The van der Waals surface area contributed by atoms with E-state index < -0.39 is 0 Å². The fraction of sp³-hybridized carbons (Fsp3) is 0.533. The van der Waals surface area contributed by atoms with Gasteiger partial charge in [-0.05, 0) is 39.8 Å².